The number of aldehydes is 1. The van der Waals surface area contributed by atoms with Gasteiger partial charge in [0.2, 0.25) is 0 Å². The number of carbonyl (C=O) groups excluding carboxylic acids is 1. The van der Waals surface area contributed by atoms with Gasteiger partial charge in [-0.05, 0) is 17.7 Å². The fourth-order valence-corrected chi connectivity index (χ4v) is 3.11. The molecule has 1 heterocycles. The summed E-state index contributed by atoms with van der Waals surface area (Å²) in [7, 11) is 3.56. The fourth-order valence-electron chi connectivity index (χ4n) is 1.82. The van der Waals surface area contributed by atoms with E-state index in [4.69, 9.17) is 4.74 Å². The molecule has 0 aliphatic heterocycles. The van der Waals surface area contributed by atoms with Gasteiger partial charge in [0.05, 0.1) is 17.2 Å². The molecule has 2 rings (SSSR count). The summed E-state index contributed by atoms with van der Waals surface area (Å²) in [6.07, 6.45) is 0.836. The highest BCUT2D eigenvalue weighted by atomic mass is 79.9. The number of hydrogen-bond acceptors (Lipinski definition) is 5. The lowest BCUT2D eigenvalue weighted by Crippen LogP contribution is -2.16. The molecular formula is C14H15BrN2O2S. The van der Waals surface area contributed by atoms with Gasteiger partial charge in [-0.2, -0.15) is 0 Å². The van der Waals surface area contributed by atoms with Crippen molar-refractivity contribution in [2.75, 3.05) is 19.1 Å². The number of benzene rings is 1. The van der Waals surface area contributed by atoms with Gasteiger partial charge in [0.15, 0.2) is 11.4 Å². The van der Waals surface area contributed by atoms with Crippen molar-refractivity contribution in [1.29, 1.82) is 0 Å². The summed E-state index contributed by atoms with van der Waals surface area (Å²) < 4.78 is 6.11. The molecule has 0 fully saturated rings. The second kappa shape index (κ2) is 6.97. The van der Waals surface area contributed by atoms with Crippen LogP contribution in [0.25, 0.3) is 0 Å². The minimum Gasteiger partial charge on any atom is -0.378 e. The van der Waals surface area contributed by atoms with Crippen molar-refractivity contribution >= 4 is 38.7 Å². The lowest BCUT2D eigenvalue weighted by Gasteiger charge is -2.15. The van der Waals surface area contributed by atoms with Crippen molar-refractivity contribution in [1.82, 2.24) is 4.98 Å². The monoisotopic (exact) mass is 354 g/mol. The first-order valence-corrected chi connectivity index (χ1v) is 7.64. The van der Waals surface area contributed by atoms with Crippen molar-refractivity contribution in [3.63, 3.8) is 0 Å². The number of carbonyl (C=O) groups is 1. The van der Waals surface area contributed by atoms with Crippen LogP contribution in [0.5, 0.6) is 0 Å². The van der Waals surface area contributed by atoms with E-state index < -0.39 is 0 Å². The Hall–Kier alpha value is -1.24. The van der Waals surface area contributed by atoms with E-state index in [0.29, 0.717) is 17.2 Å². The topological polar surface area (TPSA) is 42.4 Å². The maximum Gasteiger partial charge on any atom is 0.186 e. The van der Waals surface area contributed by atoms with Crippen LogP contribution >= 0.6 is 27.3 Å². The third kappa shape index (κ3) is 3.65. The molecule has 0 radical (unpaired) electrons. The van der Waals surface area contributed by atoms with Crippen molar-refractivity contribution in [3.8, 4) is 0 Å². The summed E-state index contributed by atoms with van der Waals surface area (Å²) >= 11 is 4.85. The van der Waals surface area contributed by atoms with Gasteiger partial charge in [-0.25, -0.2) is 4.98 Å². The molecule has 0 spiro atoms. The quantitative estimate of drug-likeness (QED) is 0.744. The number of nitrogens with zero attached hydrogens (tertiary/aromatic N) is 2. The smallest absolute Gasteiger partial charge is 0.186 e. The predicted molar refractivity (Wildman–Crippen MR) is 84.5 cm³/mol. The van der Waals surface area contributed by atoms with Crippen LogP contribution in [0.2, 0.25) is 0 Å². The molecule has 0 N–H and O–H groups in total. The third-order valence-electron chi connectivity index (χ3n) is 2.74. The number of ether oxygens (including phenoxy) is 1. The van der Waals surface area contributed by atoms with Crippen molar-refractivity contribution < 1.29 is 9.53 Å². The van der Waals surface area contributed by atoms with Crippen LogP contribution in [-0.4, -0.2) is 25.4 Å². The molecule has 106 valence electrons. The minimum absolute atomic E-state index is 0.356. The summed E-state index contributed by atoms with van der Waals surface area (Å²) in [4.78, 5) is 18.2. The molecule has 0 unspecified atom stereocenters. The molecule has 0 amide bonds. The maximum absolute atomic E-state index is 11.0. The van der Waals surface area contributed by atoms with Gasteiger partial charge in [0.25, 0.3) is 0 Å². The van der Waals surface area contributed by atoms with Gasteiger partial charge in [-0.1, -0.05) is 39.4 Å². The van der Waals surface area contributed by atoms with Crippen LogP contribution in [0.3, 0.4) is 0 Å². The predicted octanol–water partition coefficient (Wildman–Crippen LogP) is 3.50. The molecule has 20 heavy (non-hydrogen) atoms. The van der Waals surface area contributed by atoms with Gasteiger partial charge in [-0.3, -0.25) is 4.79 Å². The summed E-state index contributed by atoms with van der Waals surface area (Å²) in [5, 5.41) is 0.819. The largest absolute Gasteiger partial charge is 0.378 e. The highest BCUT2D eigenvalue weighted by Crippen LogP contribution is 2.26. The summed E-state index contributed by atoms with van der Waals surface area (Å²) in [5.41, 5.74) is 1.88. The number of rotatable bonds is 6. The zero-order chi connectivity index (χ0) is 14.5. The van der Waals surface area contributed by atoms with Crippen LogP contribution in [0.4, 0.5) is 5.13 Å². The van der Waals surface area contributed by atoms with Crippen LogP contribution in [-0.2, 0) is 17.9 Å². The molecule has 6 heteroatoms. The summed E-state index contributed by atoms with van der Waals surface area (Å²) in [6, 6.07) is 8.13. The molecule has 0 saturated carbocycles. The Kier molecular flexibility index (Phi) is 5.28. The highest BCUT2D eigenvalue weighted by Gasteiger charge is 2.13. The molecule has 0 bridgehead atoms. The standard InChI is InChI=1S/C14H15BrN2O2S/c1-17(7-10-4-3-5-11(15)6-10)14-16-12(9-19-2)13(8-18)20-14/h3-6,8H,7,9H2,1-2H3. The van der Waals surface area contributed by atoms with Gasteiger partial charge in [0, 0.05) is 25.2 Å². The van der Waals surface area contributed by atoms with E-state index in [9.17, 15) is 4.79 Å². The van der Waals surface area contributed by atoms with E-state index in [0.717, 1.165) is 22.4 Å². The normalized spacial score (nSPS) is 10.6. The Morgan fingerprint density at radius 1 is 1.50 bits per heavy atom. The number of methoxy groups -OCH3 is 1. The van der Waals surface area contributed by atoms with E-state index in [1.54, 1.807) is 7.11 Å². The molecular weight excluding hydrogens is 340 g/mol. The number of hydrogen-bond donors (Lipinski definition) is 0. The Labute approximate surface area is 130 Å². The Bertz CT molecular complexity index is 601. The summed E-state index contributed by atoms with van der Waals surface area (Å²) in [5.74, 6) is 0. The van der Waals surface area contributed by atoms with Crippen LogP contribution in [0.15, 0.2) is 28.7 Å². The minimum atomic E-state index is 0.356. The van der Waals surface area contributed by atoms with Crippen LogP contribution in [0, 0.1) is 0 Å². The molecule has 0 atom stereocenters. The Morgan fingerprint density at radius 3 is 2.95 bits per heavy atom. The second-order valence-corrected chi connectivity index (χ2v) is 6.27. The van der Waals surface area contributed by atoms with E-state index in [2.05, 4.69) is 33.0 Å². The third-order valence-corrected chi connectivity index (χ3v) is 4.37. The lowest BCUT2D eigenvalue weighted by molar-refractivity contribution is 0.112. The Balaban J connectivity index is 2.16. The van der Waals surface area contributed by atoms with Gasteiger partial charge in [-0.15, -0.1) is 0 Å². The molecule has 0 aliphatic rings. The second-order valence-electron chi connectivity index (χ2n) is 4.34. The Morgan fingerprint density at radius 2 is 2.30 bits per heavy atom. The van der Waals surface area contributed by atoms with E-state index in [1.165, 1.54) is 16.9 Å². The first-order valence-electron chi connectivity index (χ1n) is 6.03. The van der Waals surface area contributed by atoms with E-state index >= 15 is 0 Å². The number of anilines is 1. The van der Waals surface area contributed by atoms with Gasteiger partial charge < -0.3 is 9.64 Å². The highest BCUT2D eigenvalue weighted by molar-refractivity contribution is 9.10. The zero-order valence-corrected chi connectivity index (χ0v) is 13.7. The van der Waals surface area contributed by atoms with Crippen molar-refractivity contribution in [2.24, 2.45) is 0 Å². The maximum atomic E-state index is 11.0. The molecule has 0 saturated heterocycles. The van der Waals surface area contributed by atoms with Gasteiger partial charge in [0.1, 0.15) is 0 Å². The molecule has 4 nitrogen and oxygen atoms in total. The van der Waals surface area contributed by atoms with Gasteiger partial charge >= 0.3 is 0 Å². The molecule has 0 aliphatic carbocycles. The first-order chi connectivity index (χ1) is 9.63. The molecule has 2 aromatic rings. The molecule has 1 aromatic heterocycles. The number of halogens is 1. The van der Waals surface area contributed by atoms with Crippen molar-refractivity contribution in [3.05, 3.63) is 44.9 Å². The van der Waals surface area contributed by atoms with E-state index in [-0.39, 0.29) is 0 Å². The number of thiazole rings is 1. The lowest BCUT2D eigenvalue weighted by atomic mass is 10.2. The molecule has 1 aromatic carbocycles. The number of aromatic nitrogens is 1. The zero-order valence-electron chi connectivity index (χ0n) is 11.3. The first kappa shape index (κ1) is 15.2. The average Bonchev–Trinajstić information content (AvgIpc) is 2.82. The average molecular weight is 355 g/mol. The van der Waals surface area contributed by atoms with Crippen molar-refractivity contribution in [2.45, 2.75) is 13.2 Å². The SMILES string of the molecule is COCc1nc(N(C)Cc2cccc(Br)c2)sc1C=O. The fraction of sp³-hybridized carbons (Fsp3) is 0.286. The van der Waals surface area contributed by atoms with E-state index in [1.807, 2.05) is 24.1 Å². The summed E-state index contributed by atoms with van der Waals surface area (Å²) in [6.45, 7) is 1.09. The van der Waals surface area contributed by atoms with Crippen LogP contribution < -0.4 is 4.90 Å². The van der Waals surface area contributed by atoms with Crippen LogP contribution in [0.1, 0.15) is 20.9 Å².